The number of carbonyl (C=O) groups is 3. The van der Waals surface area contributed by atoms with Crippen LogP contribution in [0.5, 0.6) is 0 Å². The zero-order chi connectivity index (χ0) is 25.2. The number of thioether (sulfide) groups is 1. The first-order chi connectivity index (χ1) is 17.4. The summed E-state index contributed by atoms with van der Waals surface area (Å²) in [6, 6.07) is 2.19. The molecule has 36 heavy (non-hydrogen) atoms. The number of nitrogens with two attached hydrogens (primary N) is 1. The van der Waals surface area contributed by atoms with E-state index in [0.29, 0.717) is 12.3 Å². The van der Waals surface area contributed by atoms with Crippen molar-refractivity contribution in [3.8, 4) is 0 Å². The van der Waals surface area contributed by atoms with Gasteiger partial charge in [-0.3, -0.25) is 9.59 Å². The van der Waals surface area contributed by atoms with Crippen molar-refractivity contribution < 1.29 is 28.9 Å². The maximum absolute atomic E-state index is 13.1. The van der Waals surface area contributed by atoms with Crippen molar-refractivity contribution in [2.45, 2.75) is 36.9 Å². The molecule has 2 amide bonds. The Morgan fingerprint density at radius 3 is 2.83 bits per heavy atom. The molecule has 3 N–H and O–H groups in total. The van der Waals surface area contributed by atoms with Crippen molar-refractivity contribution in [1.82, 2.24) is 19.6 Å². The molecule has 2 unspecified atom stereocenters. The summed E-state index contributed by atoms with van der Waals surface area (Å²) in [6.45, 7) is 0.495. The quantitative estimate of drug-likeness (QED) is 0.147. The Morgan fingerprint density at radius 2 is 2.17 bits per heavy atom. The van der Waals surface area contributed by atoms with E-state index in [-0.39, 0.29) is 39.6 Å². The molecular formula is C22H21N7O5S2. The van der Waals surface area contributed by atoms with E-state index >= 15 is 0 Å². The van der Waals surface area contributed by atoms with Gasteiger partial charge in [0.25, 0.3) is 11.8 Å². The zero-order valence-corrected chi connectivity index (χ0v) is 20.4. The smallest absolute Gasteiger partial charge is 0.278 e. The van der Waals surface area contributed by atoms with Gasteiger partial charge in [-0.25, -0.2) is 4.57 Å². The van der Waals surface area contributed by atoms with Gasteiger partial charge in [0.15, 0.2) is 24.1 Å². The second-order valence-electron chi connectivity index (χ2n) is 8.28. The number of hydrogen-bond acceptors (Lipinski definition) is 11. The Hall–Kier alpha value is -3.78. The number of anilines is 1. The van der Waals surface area contributed by atoms with E-state index in [1.807, 2.05) is 16.7 Å². The van der Waals surface area contributed by atoms with E-state index in [0.717, 1.165) is 29.9 Å². The minimum atomic E-state index is -1.24. The van der Waals surface area contributed by atoms with Crippen molar-refractivity contribution in [2.75, 3.05) is 11.5 Å². The summed E-state index contributed by atoms with van der Waals surface area (Å²) < 4.78 is 5.88. The molecule has 0 bridgehead atoms. The number of nitrogens with zero attached hydrogens (tertiary/aromatic N) is 5. The summed E-state index contributed by atoms with van der Waals surface area (Å²) in [4.78, 5) is 47.9. The molecule has 186 valence electrons. The lowest BCUT2D eigenvalue weighted by molar-refractivity contribution is -0.689. The van der Waals surface area contributed by atoms with Crippen LogP contribution in [0.2, 0.25) is 0 Å². The van der Waals surface area contributed by atoms with Crippen LogP contribution < -0.4 is 20.7 Å². The fourth-order valence-electron chi connectivity index (χ4n) is 3.92. The van der Waals surface area contributed by atoms with Crippen molar-refractivity contribution in [3.63, 3.8) is 0 Å². The van der Waals surface area contributed by atoms with Gasteiger partial charge in [0.05, 0.1) is 5.97 Å². The first-order valence-electron chi connectivity index (χ1n) is 11.0. The number of carbonyl (C=O) groups excluding carboxylic acids is 3. The molecule has 3 atom stereocenters. The van der Waals surface area contributed by atoms with Crippen molar-refractivity contribution >= 4 is 51.9 Å². The lowest BCUT2D eigenvalue weighted by Gasteiger charge is -2.47. The van der Waals surface area contributed by atoms with Crippen LogP contribution in [0.4, 0.5) is 5.13 Å². The van der Waals surface area contributed by atoms with E-state index < -0.39 is 17.9 Å². The Morgan fingerprint density at radius 1 is 1.36 bits per heavy atom. The van der Waals surface area contributed by atoms with Gasteiger partial charge in [-0.2, -0.15) is 9.36 Å². The van der Waals surface area contributed by atoms with E-state index in [1.54, 1.807) is 23.5 Å². The van der Waals surface area contributed by atoms with Crippen molar-refractivity contribution in [1.29, 1.82) is 0 Å². The molecule has 1 aliphatic carbocycles. The highest BCUT2D eigenvalue weighted by atomic mass is 32.2. The molecule has 1 saturated heterocycles. The van der Waals surface area contributed by atoms with Crippen molar-refractivity contribution in [2.24, 2.45) is 5.16 Å². The number of rotatable bonds is 8. The molecule has 12 nitrogen and oxygen atoms in total. The number of fused-ring (bicyclic) bond motifs is 1. The highest BCUT2D eigenvalue weighted by molar-refractivity contribution is 8.00. The monoisotopic (exact) mass is 527 g/mol. The number of β-lactam (4-membered cyclic amide) rings is 1. The third-order valence-electron chi connectivity index (χ3n) is 5.76. The summed E-state index contributed by atoms with van der Waals surface area (Å²) in [6.07, 6.45) is 10.3. The Kier molecular flexibility index (Phi) is 6.69. The van der Waals surface area contributed by atoms with Gasteiger partial charge < -0.3 is 30.7 Å². The van der Waals surface area contributed by atoms with Crippen LogP contribution in [0.3, 0.4) is 0 Å². The second kappa shape index (κ2) is 10.1. The van der Waals surface area contributed by atoms with Crippen LogP contribution in [-0.4, -0.2) is 61.0 Å². The molecular weight excluding hydrogens is 506 g/mol. The van der Waals surface area contributed by atoms with Gasteiger partial charge >= 0.3 is 0 Å². The third kappa shape index (κ3) is 4.95. The third-order valence-corrected chi connectivity index (χ3v) is 7.68. The minimum absolute atomic E-state index is 0.0424. The van der Waals surface area contributed by atoms with Gasteiger partial charge in [-0.1, -0.05) is 11.2 Å². The summed E-state index contributed by atoms with van der Waals surface area (Å²) in [5, 5.41) is 17.6. The van der Waals surface area contributed by atoms with Gasteiger partial charge in [0.2, 0.25) is 11.5 Å². The summed E-state index contributed by atoms with van der Waals surface area (Å²) >= 11 is 2.46. The van der Waals surface area contributed by atoms with Crippen LogP contribution in [0, 0.1) is 0 Å². The first kappa shape index (κ1) is 23.9. The molecule has 2 aromatic rings. The highest BCUT2D eigenvalue weighted by Gasteiger charge is 2.50. The number of aromatic nitrogens is 3. The van der Waals surface area contributed by atoms with Crippen LogP contribution in [0.25, 0.3) is 0 Å². The molecule has 0 radical (unpaired) electrons. The van der Waals surface area contributed by atoms with E-state index in [9.17, 15) is 19.5 Å². The predicted octanol–water partition coefficient (Wildman–Crippen LogP) is -0.805. The number of oxime groups is 1. The average molecular weight is 528 g/mol. The number of amides is 2. The normalized spacial score (nSPS) is 23.1. The minimum Gasteiger partial charge on any atom is -0.545 e. The van der Waals surface area contributed by atoms with Gasteiger partial charge in [-0.05, 0) is 18.9 Å². The fraction of sp³-hybridized carbons (Fsp3) is 0.318. The molecule has 0 spiro atoms. The Balaban J connectivity index is 1.24. The van der Waals surface area contributed by atoms with E-state index in [2.05, 4.69) is 19.8 Å². The number of allylic oxidation sites excluding steroid dienone is 1. The highest BCUT2D eigenvalue weighted by Crippen LogP contribution is 2.36. The maximum Gasteiger partial charge on any atom is 0.278 e. The molecule has 1 fully saturated rings. The SMILES string of the molecule is Nc1nc(C(=NOC2C=CCC2)C(=O)NC2C(=O)N3C=C(C[n+]4ccc(C(=O)[O-])cc4)CS[C@@H]23)ns1. The van der Waals surface area contributed by atoms with E-state index in [1.165, 1.54) is 23.9 Å². The number of carboxylic acid groups (broad SMARTS) is 1. The topological polar surface area (TPSA) is 167 Å². The number of hydrogen-bond donors (Lipinski definition) is 2. The summed E-state index contributed by atoms with van der Waals surface area (Å²) in [5.74, 6) is -1.42. The molecule has 14 heteroatoms. The lowest BCUT2D eigenvalue weighted by Crippen LogP contribution is -2.69. The summed E-state index contributed by atoms with van der Waals surface area (Å²) in [5.41, 5.74) is 6.61. The molecule has 0 saturated carbocycles. The Labute approximate surface area is 213 Å². The fourth-order valence-corrected chi connectivity index (χ4v) is 5.60. The molecule has 2 aliphatic heterocycles. The van der Waals surface area contributed by atoms with Gasteiger partial charge in [0, 0.05) is 46.8 Å². The van der Waals surface area contributed by atoms with Crippen LogP contribution >= 0.6 is 23.3 Å². The Bertz CT molecular complexity index is 1290. The predicted molar refractivity (Wildman–Crippen MR) is 128 cm³/mol. The number of nitrogens with one attached hydrogen (secondary N) is 1. The number of aromatic carboxylic acids is 1. The molecule has 3 aliphatic rings. The van der Waals surface area contributed by atoms with Gasteiger partial charge in [-0.15, -0.1) is 11.8 Å². The molecule has 0 aromatic carbocycles. The van der Waals surface area contributed by atoms with Crippen molar-refractivity contribution in [3.05, 3.63) is 59.8 Å². The number of pyridine rings is 1. The zero-order valence-electron chi connectivity index (χ0n) is 18.8. The van der Waals surface area contributed by atoms with Gasteiger partial charge in [0.1, 0.15) is 17.5 Å². The van der Waals surface area contributed by atoms with E-state index in [4.69, 9.17) is 10.6 Å². The first-order valence-corrected chi connectivity index (χ1v) is 12.9. The summed E-state index contributed by atoms with van der Waals surface area (Å²) in [7, 11) is 0. The van der Waals surface area contributed by atoms with Crippen LogP contribution in [0.15, 0.2) is 53.6 Å². The molecule has 2 aromatic heterocycles. The second-order valence-corrected chi connectivity index (χ2v) is 10.2. The molecule has 5 rings (SSSR count). The number of carboxylic acids is 1. The lowest BCUT2D eigenvalue weighted by atomic mass is 10.1. The van der Waals surface area contributed by atoms with Crippen LogP contribution in [-0.2, 0) is 21.0 Å². The molecule has 4 heterocycles. The largest absolute Gasteiger partial charge is 0.545 e. The standard InChI is InChI=1S/C22H21N7O5S2/c23-22-25-17(27-36-22)15(26-34-14-3-1-2-4-14)18(30)24-16-19(31)29-10-12(11-35-20(16)29)9-28-7-5-13(6-8-28)21(32)33/h1,3,5-8,10,14,16,20H,2,4,9,11H2,(H3-,23,24,25,27,30,32,33)/t14?,16?,20-/m0/s1. The maximum atomic E-state index is 13.1. The number of nitrogen functional groups attached to an aromatic ring is 1. The average Bonchev–Trinajstić information content (AvgIpc) is 3.55. The van der Waals surface area contributed by atoms with Crippen LogP contribution in [0.1, 0.15) is 29.0 Å².